The number of rotatable bonds is 4. The monoisotopic (exact) mass is 207 g/mol. The van der Waals surface area contributed by atoms with Crippen LogP contribution in [0, 0.1) is 0 Å². The zero-order valence-corrected chi connectivity index (χ0v) is 9.16. The van der Waals surface area contributed by atoms with Gasteiger partial charge in [0.15, 0.2) is 0 Å². The average molecular weight is 207 g/mol. The molecular weight excluding hydrogens is 190 g/mol. The molecule has 0 aliphatic rings. The number of hydrogen-bond donors (Lipinski definition) is 2. The van der Waals surface area contributed by atoms with Gasteiger partial charge in [-0.05, 0) is 23.5 Å². The van der Waals surface area contributed by atoms with E-state index in [1.165, 1.54) is 5.56 Å². The predicted octanol–water partition coefficient (Wildman–Crippen LogP) is 2.62. The highest BCUT2D eigenvalue weighted by atomic mass is 16.4. The van der Waals surface area contributed by atoms with Gasteiger partial charge in [-0.3, -0.25) is 0 Å². The summed E-state index contributed by atoms with van der Waals surface area (Å²) in [4.78, 5) is 10.2. The summed E-state index contributed by atoms with van der Waals surface area (Å²) in [5.74, 6) is 0.538. The molecule has 1 rings (SSSR count). The Morgan fingerprint density at radius 2 is 1.93 bits per heavy atom. The summed E-state index contributed by atoms with van der Waals surface area (Å²) in [6.07, 6.45) is -0.223. The molecule has 1 aromatic carbocycles. The molecule has 0 aromatic heterocycles. The fourth-order valence-corrected chi connectivity index (χ4v) is 1.38. The summed E-state index contributed by atoms with van der Waals surface area (Å²) in [6.45, 7) is 4.78. The molecule has 1 amide bonds. The molecule has 0 atom stereocenters. The number of hydrogen-bond acceptors (Lipinski definition) is 1. The molecule has 0 heterocycles. The zero-order chi connectivity index (χ0) is 11.3. The van der Waals surface area contributed by atoms with Gasteiger partial charge in [0.25, 0.3) is 0 Å². The molecule has 0 aliphatic carbocycles. The van der Waals surface area contributed by atoms with Crippen LogP contribution < -0.4 is 5.32 Å². The van der Waals surface area contributed by atoms with E-state index in [4.69, 9.17) is 5.11 Å². The smallest absolute Gasteiger partial charge is 0.404 e. The number of carboxylic acid groups (broad SMARTS) is 1. The van der Waals surface area contributed by atoms with Crippen LogP contribution >= 0.6 is 0 Å². The Bertz CT molecular complexity index is 317. The first-order valence-electron chi connectivity index (χ1n) is 5.15. The largest absolute Gasteiger partial charge is 0.465 e. The molecule has 0 unspecified atom stereocenters. The van der Waals surface area contributed by atoms with E-state index in [2.05, 4.69) is 43.4 Å². The third-order valence-corrected chi connectivity index (χ3v) is 2.34. The summed E-state index contributed by atoms with van der Waals surface area (Å²) >= 11 is 0. The quantitative estimate of drug-likeness (QED) is 0.797. The lowest BCUT2D eigenvalue weighted by Gasteiger charge is -2.06. The van der Waals surface area contributed by atoms with E-state index in [1.54, 1.807) is 0 Å². The molecule has 0 saturated carbocycles. The predicted molar refractivity (Wildman–Crippen MR) is 60.3 cm³/mol. The van der Waals surface area contributed by atoms with E-state index in [0.29, 0.717) is 12.5 Å². The normalized spacial score (nSPS) is 10.3. The second-order valence-corrected chi connectivity index (χ2v) is 3.88. The van der Waals surface area contributed by atoms with Crippen molar-refractivity contribution < 1.29 is 9.90 Å². The van der Waals surface area contributed by atoms with Crippen molar-refractivity contribution in [1.82, 2.24) is 5.32 Å². The maximum Gasteiger partial charge on any atom is 0.404 e. The summed E-state index contributed by atoms with van der Waals surface area (Å²) in [5.41, 5.74) is 2.47. The van der Waals surface area contributed by atoms with Crippen molar-refractivity contribution in [3.8, 4) is 0 Å². The summed E-state index contributed by atoms with van der Waals surface area (Å²) < 4.78 is 0. The molecule has 0 bridgehead atoms. The van der Waals surface area contributed by atoms with Crippen molar-refractivity contribution in [2.75, 3.05) is 6.54 Å². The fourth-order valence-electron chi connectivity index (χ4n) is 1.38. The molecule has 0 spiro atoms. The summed E-state index contributed by atoms with van der Waals surface area (Å²) in [5, 5.41) is 10.7. The molecule has 0 fully saturated rings. The van der Waals surface area contributed by atoms with E-state index < -0.39 is 6.09 Å². The summed E-state index contributed by atoms with van der Waals surface area (Å²) in [7, 11) is 0. The van der Waals surface area contributed by atoms with Crippen molar-refractivity contribution in [2.45, 2.75) is 26.2 Å². The molecule has 3 heteroatoms. The van der Waals surface area contributed by atoms with Gasteiger partial charge in [0, 0.05) is 6.54 Å². The minimum absolute atomic E-state index is 0.469. The molecule has 0 saturated heterocycles. The van der Waals surface area contributed by atoms with Gasteiger partial charge >= 0.3 is 6.09 Å². The highest BCUT2D eigenvalue weighted by Crippen LogP contribution is 2.14. The third-order valence-electron chi connectivity index (χ3n) is 2.34. The Morgan fingerprint density at radius 1 is 1.33 bits per heavy atom. The number of benzene rings is 1. The molecule has 0 aliphatic heterocycles. The molecule has 1 aromatic rings. The van der Waals surface area contributed by atoms with Gasteiger partial charge in [-0.25, -0.2) is 4.79 Å². The van der Waals surface area contributed by atoms with Crippen LogP contribution in [0.4, 0.5) is 4.79 Å². The Kier molecular flexibility index (Phi) is 4.16. The highest BCUT2D eigenvalue weighted by molar-refractivity contribution is 5.64. The van der Waals surface area contributed by atoms with Gasteiger partial charge in [0.2, 0.25) is 0 Å². The number of nitrogens with one attached hydrogen (secondary N) is 1. The minimum atomic E-state index is -0.964. The second-order valence-electron chi connectivity index (χ2n) is 3.88. The van der Waals surface area contributed by atoms with Gasteiger partial charge < -0.3 is 10.4 Å². The average Bonchev–Trinajstić information content (AvgIpc) is 2.18. The lowest BCUT2D eigenvalue weighted by molar-refractivity contribution is 0.194. The van der Waals surface area contributed by atoms with E-state index in [0.717, 1.165) is 12.0 Å². The number of amides is 1. The van der Waals surface area contributed by atoms with Crippen LogP contribution in [0.2, 0.25) is 0 Å². The van der Waals surface area contributed by atoms with Crippen molar-refractivity contribution in [2.24, 2.45) is 0 Å². The van der Waals surface area contributed by atoms with Gasteiger partial charge in [-0.2, -0.15) is 0 Å². The van der Waals surface area contributed by atoms with E-state index >= 15 is 0 Å². The zero-order valence-electron chi connectivity index (χ0n) is 9.16. The maximum atomic E-state index is 10.2. The lowest BCUT2D eigenvalue weighted by atomic mass is 10.0. The van der Waals surface area contributed by atoms with E-state index in [9.17, 15) is 4.79 Å². The topological polar surface area (TPSA) is 49.3 Å². The molecule has 82 valence electrons. The Hall–Kier alpha value is -1.51. The van der Waals surface area contributed by atoms with Crippen LogP contribution in [0.5, 0.6) is 0 Å². The Balaban J connectivity index is 2.46. The summed E-state index contributed by atoms with van der Waals surface area (Å²) in [6, 6.07) is 8.30. The maximum absolute atomic E-state index is 10.2. The first-order chi connectivity index (χ1) is 7.09. The minimum Gasteiger partial charge on any atom is -0.465 e. The van der Waals surface area contributed by atoms with Gasteiger partial charge in [0.05, 0.1) is 0 Å². The van der Waals surface area contributed by atoms with Crippen LogP contribution in [-0.2, 0) is 6.42 Å². The standard InChI is InChI=1S/C12H17NO2/c1-9(2)11-5-3-10(4-6-11)7-8-13-12(14)15/h3-6,9,13H,7-8H2,1-2H3,(H,14,15). The van der Waals surface area contributed by atoms with Crippen LogP contribution in [0.15, 0.2) is 24.3 Å². The fraction of sp³-hybridized carbons (Fsp3) is 0.417. The number of carbonyl (C=O) groups is 1. The van der Waals surface area contributed by atoms with Gasteiger partial charge in [-0.15, -0.1) is 0 Å². The molecule has 15 heavy (non-hydrogen) atoms. The van der Waals surface area contributed by atoms with Crippen LogP contribution in [0.3, 0.4) is 0 Å². The highest BCUT2D eigenvalue weighted by Gasteiger charge is 1.99. The molecule has 0 radical (unpaired) electrons. The molecule has 3 nitrogen and oxygen atoms in total. The van der Waals surface area contributed by atoms with Crippen molar-refractivity contribution in [3.63, 3.8) is 0 Å². The van der Waals surface area contributed by atoms with Crippen molar-refractivity contribution in [3.05, 3.63) is 35.4 Å². The first-order valence-corrected chi connectivity index (χ1v) is 5.15. The Morgan fingerprint density at radius 3 is 2.40 bits per heavy atom. The van der Waals surface area contributed by atoms with Crippen LogP contribution in [-0.4, -0.2) is 17.7 Å². The molecular formula is C12H17NO2. The third kappa shape index (κ3) is 4.02. The van der Waals surface area contributed by atoms with Crippen LogP contribution in [0.25, 0.3) is 0 Å². The molecule has 2 N–H and O–H groups in total. The van der Waals surface area contributed by atoms with E-state index in [1.807, 2.05) is 0 Å². The SMILES string of the molecule is CC(C)c1ccc(CCNC(=O)O)cc1. The lowest BCUT2D eigenvalue weighted by Crippen LogP contribution is -2.23. The Labute approximate surface area is 90.1 Å². The second kappa shape index (κ2) is 5.39. The van der Waals surface area contributed by atoms with Gasteiger partial charge in [-0.1, -0.05) is 38.1 Å². The van der Waals surface area contributed by atoms with Gasteiger partial charge in [0.1, 0.15) is 0 Å². The van der Waals surface area contributed by atoms with E-state index in [-0.39, 0.29) is 0 Å². The van der Waals surface area contributed by atoms with Crippen molar-refractivity contribution in [1.29, 1.82) is 0 Å². The first kappa shape index (κ1) is 11.6. The van der Waals surface area contributed by atoms with Crippen molar-refractivity contribution >= 4 is 6.09 Å². The van der Waals surface area contributed by atoms with Crippen LogP contribution in [0.1, 0.15) is 30.9 Å².